The van der Waals surface area contributed by atoms with Crippen LogP contribution in [0.1, 0.15) is 19.3 Å². The van der Waals surface area contributed by atoms with Crippen LogP contribution in [-0.2, 0) is 14.3 Å². The molecule has 3 heteroatoms. The molecule has 0 heterocycles. The van der Waals surface area contributed by atoms with Crippen molar-refractivity contribution in [3.63, 3.8) is 0 Å². The molecule has 2 rings (SSSR count). The zero-order chi connectivity index (χ0) is 8.77. The van der Waals surface area contributed by atoms with Crippen LogP contribution in [-0.4, -0.2) is 26.3 Å². The molecule has 0 N–H and O–H groups in total. The van der Waals surface area contributed by atoms with Gasteiger partial charge in [0, 0.05) is 13.0 Å². The highest BCUT2D eigenvalue weighted by Gasteiger charge is 2.67. The van der Waals surface area contributed by atoms with Crippen molar-refractivity contribution in [2.24, 2.45) is 11.3 Å². The van der Waals surface area contributed by atoms with E-state index >= 15 is 0 Å². The number of rotatable bonds is 2. The van der Waals surface area contributed by atoms with Crippen molar-refractivity contribution in [2.75, 3.05) is 14.2 Å². The van der Waals surface area contributed by atoms with E-state index in [2.05, 4.69) is 0 Å². The number of carbonyl (C=O) groups excluding carboxylic acids is 1. The first kappa shape index (κ1) is 8.05. The number of carbonyl (C=O) groups is 1. The fourth-order valence-electron chi connectivity index (χ4n) is 2.53. The van der Waals surface area contributed by atoms with Crippen LogP contribution in [0, 0.1) is 11.3 Å². The topological polar surface area (TPSA) is 35.5 Å². The van der Waals surface area contributed by atoms with Crippen molar-refractivity contribution in [1.29, 1.82) is 0 Å². The average Bonchev–Trinajstić information content (AvgIpc) is 2.74. The number of hydrogen-bond acceptors (Lipinski definition) is 3. The predicted octanol–water partition coefficient (Wildman–Crippen LogP) is 0.974. The van der Waals surface area contributed by atoms with Crippen molar-refractivity contribution >= 4 is 5.97 Å². The number of methoxy groups -OCH3 is 2. The molecule has 0 aromatic carbocycles. The fraction of sp³-hybridized carbons (Fsp3) is 0.889. The highest BCUT2D eigenvalue weighted by molar-refractivity contribution is 5.81. The van der Waals surface area contributed by atoms with Gasteiger partial charge in [-0.25, -0.2) is 0 Å². The number of esters is 1. The van der Waals surface area contributed by atoms with Gasteiger partial charge in [-0.05, 0) is 19.3 Å². The third-order valence-electron chi connectivity index (χ3n) is 3.35. The van der Waals surface area contributed by atoms with Gasteiger partial charge >= 0.3 is 5.97 Å². The standard InChI is InChI=1S/C9H14O3/c1-11-7-3-4-9(5-6(7)9)8(10)12-2/h6-7H,3-5H2,1-2H3/t6-,7-,9+/m0/s1. The molecule has 2 fully saturated rings. The summed E-state index contributed by atoms with van der Waals surface area (Å²) in [6.07, 6.45) is 3.22. The molecule has 2 aliphatic carbocycles. The summed E-state index contributed by atoms with van der Waals surface area (Å²) >= 11 is 0. The van der Waals surface area contributed by atoms with Crippen LogP contribution < -0.4 is 0 Å². The van der Waals surface area contributed by atoms with Gasteiger partial charge in [0.15, 0.2) is 0 Å². The summed E-state index contributed by atoms with van der Waals surface area (Å²) < 4.78 is 10.1. The second-order valence-electron chi connectivity index (χ2n) is 3.77. The first-order valence-corrected chi connectivity index (χ1v) is 4.36. The Kier molecular flexibility index (Phi) is 1.65. The smallest absolute Gasteiger partial charge is 0.312 e. The van der Waals surface area contributed by atoms with Crippen molar-refractivity contribution in [3.05, 3.63) is 0 Å². The highest BCUT2D eigenvalue weighted by atomic mass is 16.5. The maximum absolute atomic E-state index is 11.4. The summed E-state index contributed by atoms with van der Waals surface area (Å²) in [5.74, 6) is 0.405. The highest BCUT2D eigenvalue weighted by Crippen LogP contribution is 2.64. The van der Waals surface area contributed by atoms with E-state index in [0.717, 1.165) is 19.3 Å². The van der Waals surface area contributed by atoms with E-state index < -0.39 is 0 Å². The van der Waals surface area contributed by atoms with Gasteiger partial charge in [0.05, 0.1) is 18.6 Å². The lowest BCUT2D eigenvalue weighted by atomic mass is 10.1. The van der Waals surface area contributed by atoms with Crippen LogP contribution in [0.4, 0.5) is 0 Å². The largest absolute Gasteiger partial charge is 0.469 e. The molecular formula is C9H14O3. The SMILES string of the molecule is COC(=O)[C@@]12CC[C@H](OC)[C@@H]1C2. The van der Waals surface area contributed by atoms with Gasteiger partial charge in [-0.15, -0.1) is 0 Å². The van der Waals surface area contributed by atoms with Crippen LogP contribution in [0.3, 0.4) is 0 Å². The minimum atomic E-state index is -0.143. The Hall–Kier alpha value is -0.570. The number of ether oxygens (including phenoxy) is 2. The van der Waals surface area contributed by atoms with Crippen LogP contribution in [0.5, 0.6) is 0 Å². The molecule has 12 heavy (non-hydrogen) atoms. The number of hydrogen-bond donors (Lipinski definition) is 0. The lowest BCUT2D eigenvalue weighted by Crippen LogP contribution is -2.17. The Morgan fingerprint density at radius 3 is 2.67 bits per heavy atom. The first-order valence-electron chi connectivity index (χ1n) is 4.36. The zero-order valence-electron chi connectivity index (χ0n) is 7.50. The molecule has 0 aliphatic heterocycles. The predicted molar refractivity (Wildman–Crippen MR) is 42.6 cm³/mol. The van der Waals surface area contributed by atoms with E-state index in [1.807, 2.05) is 0 Å². The van der Waals surface area contributed by atoms with Crippen LogP contribution >= 0.6 is 0 Å². The Morgan fingerprint density at radius 2 is 2.25 bits per heavy atom. The summed E-state index contributed by atoms with van der Waals surface area (Å²) in [6.45, 7) is 0. The lowest BCUT2D eigenvalue weighted by Gasteiger charge is -2.06. The van der Waals surface area contributed by atoms with Gasteiger partial charge in [-0.2, -0.15) is 0 Å². The van der Waals surface area contributed by atoms with Gasteiger partial charge in [0.25, 0.3) is 0 Å². The van der Waals surface area contributed by atoms with Crippen LogP contribution in [0.2, 0.25) is 0 Å². The third kappa shape index (κ3) is 0.829. The molecule has 0 bridgehead atoms. The third-order valence-corrected chi connectivity index (χ3v) is 3.35. The van der Waals surface area contributed by atoms with Crippen molar-refractivity contribution in [2.45, 2.75) is 25.4 Å². The van der Waals surface area contributed by atoms with E-state index in [1.165, 1.54) is 7.11 Å². The Bertz CT molecular complexity index is 214. The Balaban J connectivity index is 2.06. The van der Waals surface area contributed by atoms with Crippen molar-refractivity contribution < 1.29 is 14.3 Å². The molecule has 3 atom stereocenters. The summed E-state index contributed by atoms with van der Waals surface area (Å²) in [5, 5.41) is 0. The lowest BCUT2D eigenvalue weighted by molar-refractivity contribution is -0.147. The molecule has 0 unspecified atom stereocenters. The van der Waals surface area contributed by atoms with Gasteiger partial charge in [-0.3, -0.25) is 4.79 Å². The zero-order valence-corrected chi connectivity index (χ0v) is 7.50. The molecular weight excluding hydrogens is 156 g/mol. The summed E-state index contributed by atoms with van der Waals surface area (Å²) in [4.78, 5) is 11.4. The molecule has 0 spiro atoms. The fourth-order valence-corrected chi connectivity index (χ4v) is 2.53. The Morgan fingerprint density at radius 1 is 1.50 bits per heavy atom. The molecule has 0 aromatic heterocycles. The molecule has 3 nitrogen and oxygen atoms in total. The first-order chi connectivity index (χ1) is 5.74. The normalized spacial score (nSPS) is 43.8. The number of fused-ring (bicyclic) bond motifs is 1. The quantitative estimate of drug-likeness (QED) is 0.579. The van der Waals surface area contributed by atoms with Gasteiger partial charge < -0.3 is 9.47 Å². The van der Waals surface area contributed by atoms with Crippen LogP contribution in [0.25, 0.3) is 0 Å². The van der Waals surface area contributed by atoms with Gasteiger partial charge in [0.2, 0.25) is 0 Å². The van der Waals surface area contributed by atoms with Crippen LogP contribution in [0.15, 0.2) is 0 Å². The summed E-state index contributed by atoms with van der Waals surface area (Å²) in [6, 6.07) is 0. The molecule has 0 amide bonds. The molecule has 2 saturated carbocycles. The van der Waals surface area contributed by atoms with E-state index in [1.54, 1.807) is 7.11 Å². The average molecular weight is 170 g/mol. The van der Waals surface area contributed by atoms with Gasteiger partial charge in [0.1, 0.15) is 0 Å². The maximum Gasteiger partial charge on any atom is 0.312 e. The van der Waals surface area contributed by atoms with Gasteiger partial charge in [-0.1, -0.05) is 0 Å². The minimum Gasteiger partial charge on any atom is -0.469 e. The van der Waals surface area contributed by atoms with E-state index in [9.17, 15) is 4.79 Å². The van der Waals surface area contributed by atoms with E-state index in [0.29, 0.717) is 12.0 Å². The van der Waals surface area contributed by atoms with Crippen molar-refractivity contribution in [3.8, 4) is 0 Å². The molecule has 68 valence electrons. The summed E-state index contributed by atoms with van der Waals surface area (Å²) in [5.41, 5.74) is -0.143. The summed E-state index contributed by atoms with van der Waals surface area (Å²) in [7, 11) is 3.18. The second-order valence-corrected chi connectivity index (χ2v) is 3.77. The van der Waals surface area contributed by atoms with E-state index in [4.69, 9.17) is 9.47 Å². The molecule has 2 aliphatic rings. The molecule has 0 saturated heterocycles. The monoisotopic (exact) mass is 170 g/mol. The van der Waals surface area contributed by atoms with E-state index in [-0.39, 0.29) is 11.4 Å². The Labute approximate surface area is 72.0 Å². The maximum atomic E-state index is 11.4. The molecule has 0 radical (unpaired) electrons. The second kappa shape index (κ2) is 2.46. The molecule has 0 aromatic rings. The van der Waals surface area contributed by atoms with Crippen molar-refractivity contribution in [1.82, 2.24) is 0 Å². The minimum absolute atomic E-state index is 0.0351.